The van der Waals surface area contributed by atoms with Crippen molar-refractivity contribution in [3.8, 4) is 11.5 Å². The summed E-state index contributed by atoms with van der Waals surface area (Å²) in [6.07, 6.45) is 1.89. The van der Waals surface area contributed by atoms with Gasteiger partial charge in [-0.25, -0.2) is 8.42 Å². The number of aromatic nitrogens is 1. The number of sulfonamides is 1. The Bertz CT molecular complexity index is 1490. The Hall–Kier alpha value is -3.82. The van der Waals surface area contributed by atoms with E-state index < -0.39 is 22.0 Å². The summed E-state index contributed by atoms with van der Waals surface area (Å²) in [5.41, 5.74) is 3.76. The highest BCUT2D eigenvalue weighted by Crippen LogP contribution is 2.26. The van der Waals surface area contributed by atoms with Crippen LogP contribution in [0.2, 0.25) is 0 Å². The fourth-order valence-electron chi connectivity index (χ4n) is 4.24. The first-order chi connectivity index (χ1) is 17.7. The zero-order chi connectivity index (χ0) is 26.6. The number of carboxylic acid groups (broad SMARTS) is 1. The molecule has 0 radical (unpaired) electrons. The summed E-state index contributed by atoms with van der Waals surface area (Å²) in [6, 6.07) is 18.3. The van der Waals surface area contributed by atoms with Crippen LogP contribution in [0.1, 0.15) is 23.6 Å². The Balaban J connectivity index is 1.62. The summed E-state index contributed by atoms with van der Waals surface area (Å²) in [6.45, 7) is 4.82. The highest BCUT2D eigenvalue weighted by Gasteiger charge is 2.27. The molecule has 1 aromatic heterocycles. The second kappa shape index (κ2) is 11.1. The van der Waals surface area contributed by atoms with E-state index in [-0.39, 0.29) is 11.3 Å². The molecule has 1 heterocycles. The van der Waals surface area contributed by atoms with E-state index in [0.29, 0.717) is 18.9 Å². The first-order valence-corrected chi connectivity index (χ1v) is 13.4. The minimum Gasteiger partial charge on any atom is -0.497 e. The van der Waals surface area contributed by atoms with E-state index in [1.807, 2.05) is 67.1 Å². The number of fused-ring (bicyclic) bond motifs is 1. The predicted molar refractivity (Wildman–Crippen MR) is 142 cm³/mol. The maximum absolute atomic E-state index is 13.0. The quantitative estimate of drug-likeness (QED) is 0.303. The molecule has 0 spiro atoms. The van der Waals surface area contributed by atoms with Crippen molar-refractivity contribution in [2.75, 3.05) is 13.7 Å². The first-order valence-electron chi connectivity index (χ1n) is 11.9. The normalized spacial score (nSPS) is 12.4. The molecule has 1 atom stereocenters. The monoisotopic (exact) mass is 522 g/mol. The van der Waals surface area contributed by atoms with Crippen LogP contribution < -0.4 is 14.2 Å². The number of aryl methyl sites for hydroxylation is 1. The maximum atomic E-state index is 13.0. The minimum atomic E-state index is -4.07. The topological polar surface area (TPSA) is 107 Å². The molecule has 0 bridgehead atoms. The standard InChI is InChI=1S/C28H30N2O6S/c1-4-36-23-10-12-24(13-11-23)37(33,34)29-26(28(31)32)16-21-18-30(27-14-5-19(2)15-25(21)27)17-20-6-8-22(35-3)9-7-20/h5-15,18,26,29H,4,16-17H2,1-3H3,(H,31,32). The molecule has 0 saturated heterocycles. The fraction of sp³-hybridized carbons (Fsp3) is 0.250. The third kappa shape index (κ3) is 6.12. The second-order valence-corrected chi connectivity index (χ2v) is 10.5. The maximum Gasteiger partial charge on any atom is 0.322 e. The van der Waals surface area contributed by atoms with Gasteiger partial charge >= 0.3 is 5.97 Å². The van der Waals surface area contributed by atoms with Crippen molar-refractivity contribution < 1.29 is 27.8 Å². The lowest BCUT2D eigenvalue weighted by Gasteiger charge is -2.15. The van der Waals surface area contributed by atoms with Gasteiger partial charge in [-0.3, -0.25) is 4.79 Å². The summed E-state index contributed by atoms with van der Waals surface area (Å²) >= 11 is 0. The van der Waals surface area contributed by atoms with E-state index in [4.69, 9.17) is 9.47 Å². The predicted octanol–water partition coefficient (Wildman–Crippen LogP) is 4.38. The number of benzene rings is 3. The van der Waals surface area contributed by atoms with Crippen LogP contribution in [-0.2, 0) is 27.8 Å². The van der Waals surface area contributed by atoms with Gasteiger partial charge in [0.1, 0.15) is 17.5 Å². The zero-order valence-electron chi connectivity index (χ0n) is 21.0. The van der Waals surface area contributed by atoms with Crippen molar-refractivity contribution in [2.45, 2.75) is 37.8 Å². The lowest BCUT2D eigenvalue weighted by atomic mass is 10.0. The highest BCUT2D eigenvalue weighted by molar-refractivity contribution is 7.89. The summed E-state index contributed by atoms with van der Waals surface area (Å²) in [5.74, 6) is 0.0519. The first kappa shape index (κ1) is 26.2. The van der Waals surface area contributed by atoms with Crippen molar-refractivity contribution in [2.24, 2.45) is 0 Å². The molecule has 194 valence electrons. The molecular formula is C28H30N2O6S. The molecule has 0 fully saturated rings. The average molecular weight is 523 g/mol. The van der Waals surface area contributed by atoms with E-state index >= 15 is 0 Å². The molecule has 8 nitrogen and oxygen atoms in total. The van der Waals surface area contributed by atoms with Gasteiger partial charge in [-0.1, -0.05) is 23.8 Å². The molecule has 1 unspecified atom stereocenters. The SMILES string of the molecule is CCOc1ccc(S(=O)(=O)NC(Cc2cn(Cc3ccc(OC)cc3)c3ccc(C)cc23)C(=O)O)cc1. The molecule has 3 aromatic carbocycles. The van der Waals surface area contributed by atoms with Crippen molar-refractivity contribution in [1.29, 1.82) is 0 Å². The fourth-order valence-corrected chi connectivity index (χ4v) is 5.43. The van der Waals surface area contributed by atoms with Gasteiger partial charge in [0.25, 0.3) is 0 Å². The van der Waals surface area contributed by atoms with Crippen LogP contribution in [-0.4, -0.2) is 43.8 Å². The van der Waals surface area contributed by atoms with Gasteiger partial charge in [0.15, 0.2) is 0 Å². The van der Waals surface area contributed by atoms with E-state index in [1.165, 1.54) is 12.1 Å². The summed E-state index contributed by atoms with van der Waals surface area (Å²) in [7, 11) is -2.45. The number of ether oxygens (including phenoxy) is 2. The number of rotatable bonds is 11. The number of carbonyl (C=O) groups is 1. The molecule has 0 aliphatic carbocycles. The van der Waals surface area contributed by atoms with Gasteiger partial charge in [0.2, 0.25) is 10.0 Å². The zero-order valence-corrected chi connectivity index (χ0v) is 21.8. The van der Waals surface area contributed by atoms with Crippen LogP contribution in [0, 0.1) is 6.92 Å². The molecule has 4 aromatic rings. The van der Waals surface area contributed by atoms with Gasteiger partial charge in [0.05, 0.1) is 18.6 Å². The Labute approximate surface area is 216 Å². The van der Waals surface area contributed by atoms with E-state index in [1.54, 1.807) is 19.2 Å². The largest absolute Gasteiger partial charge is 0.497 e. The Morgan fingerprint density at radius 3 is 2.32 bits per heavy atom. The van der Waals surface area contributed by atoms with Crippen LogP contribution in [0.3, 0.4) is 0 Å². The van der Waals surface area contributed by atoms with Crippen LogP contribution in [0.4, 0.5) is 0 Å². The summed E-state index contributed by atoms with van der Waals surface area (Å²) in [4.78, 5) is 12.1. The van der Waals surface area contributed by atoms with E-state index in [9.17, 15) is 18.3 Å². The van der Waals surface area contributed by atoms with Crippen molar-refractivity contribution >= 4 is 26.9 Å². The van der Waals surface area contributed by atoms with Gasteiger partial charge < -0.3 is 19.1 Å². The number of hydrogen-bond acceptors (Lipinski definition) is 5. The number of carboxylic acids is 1. The number of hydrogen-bond donors (Lipinski definition) is 2. The van der Waals surface area contributed by atoms with Crippen LogP contribution in [0.5, 0.6) is 11.5 Å². The second-order valence-electron chi connectivity index (χ2n) is 8.77. The number of nitrogens with one attached hydrogen (secondary N) is 1. The molecule has 37 heavy (non-hydrogen) atoms. The lowest BCUT2D eigenvalue weighted by molar-refractivity contribution is -0.138. The molecule has 2 N–H and O–H groups in total. The lowest BCUT2D eigenvalue weighted by Crippen LogP contribution is -2.42. The van der Waals surface area contributed by atoms with Crippen LogP contribution >= 0.6 is 0 Å². The number of methoxy groups -OCH3 is 1. The molecule has 0 saturated carbocycles. The average Bonchev–Trinajstić information content (AvgIpc) is 3.20. The smallest absolute Gasteiger partial charge is 0.322 e. The van der Waals surface area contributed by atoms with E-state index in [2.05, 4.69) is 4.72 Å². The summed E-state index contributed by atoms with van der Waals surface area (Å²) in [5, 5.41) is 10.8. The third-order valence-electron chi connectivity index (χ3n) is 6.10. The van der Waals surface area contributed by atoms with Crippen LogP contribution in [0.15, 0.2) is 77.8 Å². The Morgan fingerprint density at radius 2 is 1.70 bits per heavy atom. The van der Waals surface area contributed by atoms with Gasteiger partial charge in [-0.15, -0.1) is 0 Å². The van der Waals surface area contributed by atoms with Gasteiger partial charge in [-0.2, -0.15) is 4.72 Å². The van der Waals surface area contributed by atoms with Crippen molar-refractivity contribution in [3.63, 3.8) is 0 Å². The van der Waals surface area contributed by atoms with E-state index in [0.717, 1.165) is 33.3 Å². The Morgan fingerprint density at radius 1 is 1.03 bits per heavy atom. The van der Waals surface area contributed by atoms with Crippen molar-refractivity contribution in [1.82, 2.24) is 9.29 Å². The molecule has 0 aliphatic heterocycles. The number of aliphatic carboxylic acids is 1. The Kier molecular flexibility index (Phi) is 7.85. The minimum absolute atomic E-state index is 0.0127. The highest BCUT2D eigenvalue weighted by atomic mass is 32.2. The molecule has 9 heteroatoms. The molecule has 0 aliphatic rings. The van der Waals surface area contributed by atoms with Crippen LogP contribution in [0.25, 0.3) is 10.9 Å². The van der Waals surface area contributed by atoms with Gasteiger partial charge in [0, 0.05) is 30.1 Å². The third-order valence-corrected chi connectivity index (χ3v) is 7.58. The van der Waals surface area contributed by atoms with Crippen molar-refractivity contribution in [3.05, 3.63) is 89.6 Å². The summed E-state index contributed by atoms with van der Waals surface area (Å²) < 4.78 is 41.0. The molecular weight excluding hydrogens is 492 g/mol. The number of nitrogens with zero attached hydrogens (tertiary/aromatic N) is 1. The van der Waals surface area contributed by atoms with Gasteiger partial charge in [-0.05, 0) is 73.5 Å². The molecule has 0 amide bonds. The molecule has 4 rings (SSSR count).